The number of hydrogen-bond donors (Lipinski definition) is 0. The molecule has 0 fully saturated rings. The van der Waals surface area contributed by atoms with Crippen LogP contribution in [-0.4, -0.2) is 0 Å². The van der Waals surface area contributed by atoms with Crippen LogP contribution in [0.15, 0.2) is 194 Å². The highest BCUT2D eigenvalue weighted by Crippen LogP contribution is 2.44. The molecule has 2 heteroatoms. The largest absolute Gasteiger partial charge is 0.310 e. The van der Waals surface area contributed by atoms with Gasteiger partial charge in [0.25, 0.3) is 0 Å². The highest BCUT2D eigenvalue weighted by Gasteiger charge is 2.22. The Kier molecular flexibility index (Phi) is 18.2. The van der Waals surface area contributed by atoms with Crippen molar-refractivity contribution in [1.82, 2.24) is 0 Å². The average Bonchev–Trinajstić information content (AvgIpc) is 3.53. The summed E-state index contributed by atoms with van der Waals surface area (Å²) in [7, 11) is 0. The number of benzene rings is 9. The first-order valence-corrected chi connectivity index (χ1v) is 30.0. The Labute approximate surface area is 482 Å². The van der Waals surface area contributed by atoms with Crippen molar-refractivity contribution in [3.8, 4) is 44.5 Å². The first-order chi connectivity index (χ1) is 38.5. The van der Waals surface area contributed by atoms with Crippen LogP contribution in [0.2, 0.25) is 0 Å². The highest BCUT2D eigenvalue weighted by molar-refractivity contribution is 5.86. The van der Waals surface area contributed by atoms with E-state index in [1.165, 1.54) is 140 Å². The summed E-state index contributed by atoms with van der Waals surface area (Å²) < 4.78 is 0. The fourth-order valence-corrected chi connectivity index (χ4v) is 11.6. The topological polar surface area (TPSA) is 6.48 Å². The first-order valence-electron chi connectivity index (χ1n) is 30.0. The summed E-state index contributed by atoms with van der Waals surface area (Å²) in [6, 6.07) is 73.9. The maximum atomic E-state index is 2.61. The maximum absolute atomic E-state index is 2.61. The molecule has 0 unspecified atom stereocenters. The van der Waals surface area contributed by atoms with Gasteiger partial charge in [0.05, 0.1) is 0 Å². The van der Waals surface area contributed by atoms with Crippen molar-refractivity contribution < 1.29 is 0 Å². The van der Waals surface area contributed by atoms with Gasteiger partial charge in [-0.05, 0) is 226 Å². The quantitative estimate of drug-likeness (QED) is 0.0702. The van der Waals surface area contributed by atoms with Crippen LogP contribution in [-0.2, 0) is 23.7 Å². The van der Waals surface area contributed by atoms with Crippen molar-refractivity contribution in [2.75, 3.05) is 9.80 Å². The van der Waals surface area contributed by atoms with Gasteiger partial charge in [-0.25, -0.2) is 0 Å². The Balaban J connectivity index is 1.10. The van der Waals surface area contributed by atoms with E-state index in [1.807, 2.05) is 0 Å². The molecule has 0 spiro atoms. The summed E-state index contributed by atoms with van der Waals surface area (Å²) in [4.78, 5) is 4.86. The van der Waals surface area contributed by atoms with Crippen LogP contribution in [0.25, 0.3) is 44.5 Å². The van der Waals surface area contributed by atoms with E-state index in [-0.39, 0.29) is 10.8 Å². The number of aryl methyl sites for hydroxylation is 6. The molecular weight excluding hydrogens is 965 g/mol. The van der Waals surface area contributed by atoms with Crippen LogP contribution < -0.4 is 9.80 Å². The molecule has 410 valence electrons. The fraction of sp³-hybridized carbons (Fsp3) is 0.308. The number of nitrogens with zero attached hydrogens (tertiary/aromatic N) is 2. The SMILES string of the molecule is CCCCCCc1cc(-c2ccc(N(c3ccc(-c4ccc(C(C)(C)C)cc4)cc3)c3cccc(C)c3)cc2C)c(CCCCCC)cc1-c1ccc(N(c2ccc(-c3ccc(C(C)(C)C)cc3)cc2)c2cccc(C)c2)cc1C. The molecule has 0 aliphatic heterocycles. The van der Waals surface area contributed by atoms with Gasteiger partial charge in [0.2, 0.25) is 0 Å². The molecule has 0 radical (unpaired) electrons. The van der Waals surface area contributed by atoms with Gasteiger partial charge in [-0.15, -0.1) is 0 Å². The lowest BCUT2D eigenvalue weighted by Gasteiger charge is -2.28. The van der Waals surface area contributed by atoms with E-state index in [0.717, 1.165) is 47.0 Å². The van der Waals surface area contributed by atoms with Crippen molar-refractivity contribution in [3.63, 3.8) is 0 Å². The lowest BCUT2D eigenvalue weighted by Crippen LogP contribution is -2.11. The van der Waals surface area contributed by atoms with Gasteiger partial charge in [-0.3, -0.25) is 0 Å². The molecule has 0 atom stereocenters. The van der Waals surface area contributed by atoms with E-state index in [1.54, 1.807) is 0 Å². The minimum absolute atomic E-state index is 0.121. The third-order valence-corrected chi connectivity index (χ3v) is 16.4. The molecule has 0 saturated carbocycles. The van der Waals surface area contributed by atoms with Crippen LogP contribution in [0, 0.1) is 27.7 Å². The zero-order valence-corrected chi connectivity index (χ0v) is 50.4. The lowest BCUT2D eigenvalue weighted by molar-refractivity contribution is 0.590. The number of unbranched alkanes of at least 4 members (excludes halogenated alkanes) is 6. The summed E-state index contributed by atoms with van der Waals surface area (Å²) >= 11 is 0. The van der Waals surface area contributed by atoms with E-state index in [9.17, 15) is 0 Å². The van der Waals surface area contributed by atoms with E-state index >= 15 is 0 Å². The van der Waals surface area contributed by atoms with E-state index in [0.29, 0.717) is 0 Å². The summed E-state index contributed by atoms with van der Waals surface area (Å²) in [6.07, 6.45) is 11.9. The highest BCUT2D eigenvalue weighted by atomic mass is 15.1. The van der Waals surface area contributed by atoms with Gasteiger partial charge in [0.15, 0.2) is 0 Å². The Morgan fingerprint density at radius 2 is 0.625 bits per heavy atom. The van der Waals surface area contributed by atoms with Crippen LogP contribution in [0.5, 0.6) is 0 Å². The monoisotopic (exact) mass is 1050 g/mol. The summed E-state index contributed by atoms with van der Waals surface area (Å²) in [6.45, 7) is 27.3. The van der Waals surface area contributed by atoms with Gasteiger partial charge in [-0.1, -0.05) is 215 Å². The van der Waals surface area contributed by atoms with Crippen LogP contribution in [0.4, 0.5) is 34.1 Å². The average molecular weight is 1050 g/mol. The summed E-state index contributed by atoms with van der Waals surface area (Å²) in [5.74, 6) is 0. The summed E-state index contributed by atoms with van der Waals surface area (Å²) in [5.41, 5.74) is 28.2. The Morgan fingerprint density at radius 3 is 0.938 bits per heavy atom. The second-order valence-electron chi connectivity index (χ2n) is 24.9. The van der Waals surface area contributed by atoms with Crippen LogP contribution >= 0.6 is 0 Å². The maximum Gasteiger partial charge on any atom is 0.0464 e. The molecule has 0 aliphatic rings. The number of anilines is 6. The smallest absolute Gasteiger partial charge is 0.0464 e. The number of hydrogen-bond acceptors (Lipinski definition) is 2. The molecule has 0 aromatic heterocycles. The molecular formula is C78H88N2. The third kappa shape index (κ3) is 13.6. The molecule has 0 saturated heterocycles. The van der Waals surface area contributed by atoms with Gasteiger partial charge < -0.3 is 9.80 Å². The third-order valence-electron chi connectivity index (χ3n) is 16.4. The second kappa shape index (κ2) is 25.4. The Morgan fingerprint density at radius 1 is 0.300 bits per heavy atom. The molecule has 0 bridgehead atoms. The first kappa shape index (κ1) is 57.3. The molecule has 9 aromatic rings. The minimum atomic E-state index is 0.121. The molecule has 0 aliphatic carbocycles. The molecule has 0 N–H and O–H groups in total. The molecule has 0 amide bonds. The normalized spacial score (nSPS) is 11.8. The molecule has 9 rings (SSSR count). The molecule has 80 heavy (non-hydrogen) atoms. The zero-order chi connectivity index (χ0) is 56.6. The van der Waals surface area contributed by atoms with E-state index in [4.69, 9.17) is 0 Å². The van der Waals surface area contributed by atoms with E-state index in [2.05, 4.69) is 287 Å². The lowest BCUT2D eigenvalue weighted by atomic mass is 9.84. The molecule has 9 aromatic carbocycles. The van der Waals surface area contributed by atoms with Gasteiger partial charge >= 0.3 is 0 Å². The van der Waals surface area contributed by atoms with Gasteiger partial charge in [0, 0.05) is 34.1 Å². The fourth-order valence-electron chi connectivity index (χ4n) is 11.6. The second-order valence-corrected chi connectivity index (χ2v) is 24.9. The van der Waals surface area contributed by atoms with Crippen molar-refractivity contribution in [1.29, 1.82) is 0 Å². The zero-order valence-electron chi connectivity index (χ0n) is 50.4. The molecule has 2 nitrogen and oxygen atoms in total. The van der Waals surface area contributed by atoms with Crippen molar-refractivity contribution in [2.24, 2.45) is 0 Å². The number of rotatable bonds is 20. The van der Waals surface area contributed by atoms with Crippen molar-refractivity contribution in [2.45, 2.75) is 158 Å². The van der Waals surface area contributed by atoms with Crippen molar-refractivity contribution in [3.05, 3.63) is 239 Å². The predicted molar refractivity (Wildman–Crippen MR) is 350 cm³/mol. The molecule has 0 heterocycles. The van der Waals surface area contributed by atoms with Crippen LogP contribution in [0.3, 0.4) is 0 Å². The predicted octanol–water partition coefficient (Wildman–Crippen LogP) is 23.4. The van der Waals surface area contributed by atoms with E-state index < -0.39 is 0 Å². The summed E-state index contributed by atoms with van der Waals surface area (Å²) in [5, 5.41) is 0. The van der Waals surface area contributed by atoms with Gasteiger partial charge in [-0.2, -0.15) is 0 Å². The van der Waals surface area contributed by atoms with Crippen molar-refractivity contribution >= 4 is 34.1 Å². The Bertz CT molecular complexity index is 3250. The Hall–Kier alpha value is -7.42. The van der Waals surface area contributed by atoms with Crippen LogP contribution in [0.1, 0.15) is 151 Å². The minimum Gasteiger partial charge on any atom is -0.310 e. The standard InChI is InChI=1S/C78H88N2/c1-13-15-17-19-25-63-53-76(74-48-46-72(52-58(74)6)80(70-28-22-24-56(4)50-70)68-43-35-62(36-44-68)60-31-39-66(40-32-60)78(10,11)12)64(26-20-18-16-14-2)54-75(63)73-47-45-71(51-57(73)5)79(69-27-21-23-55(3)49-69)67-41-33-61(34-42-67)59-29-37-65(38-30-59)77(7,8)9/h21-24,27-54H,13-20,25-26H2,1-12H3. The van der Waals surface area contributed by atoms with Gasteiger partial charge in [0.1, 0.15) is 0 Å².